The second-order valence-electron chi connectivity index (χ2n) is 7.21. The fourth-order valence-electron chi connectivity index (χ4n) is 3.10. The summed E-state index contributed by atoms with van der Waals surface area (Å²) in [6.45, 7) is 3.17. The highest BCUT2D eigenvalue weighted by molar-refractivity contribution is 7.86. The minimum atomic E-state index is -5.10. The number of nitrogen functional groups attached to an aromatic ring is 1. The molecule has 0 aliphatic heterocycles. The molecular formula is C18H17N3O10S3. The van der Waals surface area contributed by atoms with Gasteiger partial charge in [0.1, 0.15) is 21.2 Å². The Labute approximate surface area is 193 Å². The molecular weight excluding hydrogens is 514 g/mol. The molecule has 3 aromatic carbocycles. The lowest BCUT2D eigenvalue weighted by Crippen LogP contribution is -2.03. The predicted octanol–water partition coefficient (Wildman–Crippen LogP) is 2.90. The van der Waals surface area contributed by atoms with E-state index in [1.807, 2.05) is 0 Å². The lowest BCUT2D eigenvalue weighted by molar-refractivity contribution is 0.472. The third-order valence-corrected chi connectivity index (χ3v) is 7.42. The van der Waals surface area contributed by atoms with E-state index in [-0.39, 0.29) is 10.8 Å². The summed E-state index contributed by atoms with van der Waals surface area (Å²) in [5.41, 5.74) is 5.16. The number of phenols is 1. The van der Waals surface area contributed by atoms with Crippen molar-refractivity contribution in [1.82, 2.24) is 0 Å². The Balaban J connectivity index is 2.39. The molecule has 13 nitrogen and oxygen atoms in total. The fraction of sp³-hybridized carbons (Fsp3) is 0.111. The molecule has 0 aromatic heterocycles. The van der Waals surface area contributed by atoms with Gasteiger partial charge in [-0.25, -0.2) is 0 Å². The van der Waals surface area contributed by atoms with Gasteiger partial charge in [-0.05, 0) is 60.7 Å². The molecule has 0 bridgehead atoms. The quantitative estimate of drug-likeness (QED) is 0.182. The molecule has 0 amide bonds. The van der Waals surface area contributed by atoms with Crippen molar-refractivity contribution >= 4 is 58.2 Å². The van der Waals surface area contributed by atoms with Crippen LogP contribution >= 0.6 is 0 Å². The van der Waals surface area contributed by atoms with Gasteiger partial charge >= 0.3 is 0 Å². The van der Waals surface area contributed by atoms with Crippen LogP contribution in [0.25, 0.3) is 10.8 Å². The SMILES string of the molecule is Cc1cc(/N=N/c2c(S(=O)(=O)O)cc3cc(S(=O)(=O)O)cc(N)c3c2O)c(S(=O)(=O)O)cc1C. The molecule has 182 valence electrons. The number of benzene rings is 3. The number of aromatic hydroxyl groups is 1. The van der Waals surface area contributed by atoms with Crippen molar-refractivity contribution in [2.75, 3.05) is 5.73 Å². The summed E-state index contributed by atoms with van der Waals surface area (Å²) in [4.78, 5) is -2.38. The molecule has 0 heterocycles. The molecule has 3 rings (SSSR count). The maximum atomic E-state index is 12.0. The highest BCUT2D eigenvalue weighted by Gasteiger charge is 2.25. The Morgan fingerprint density at radius 3 is 1.82 bits per heavy atom. The van der Waals surface area contributed by atoms with Gasteiger partial charge < -0.3 is 10.8 Å². The van der Waals surface area contributed by atoms with Crippen molar-refractivity contribution in [3.63, 3.8) is 0 Å². The standard InChI is InChI=1S/C18H17N3O10S3/c1-8-3-13(14(4-9(8)2)33(26,27)28)20-21-17-15(34(29,30)31)6-10-5-11(32(23,24)25)7-12(19)16(10)18(17)22/h3-7,22H,19H2,1-2H3,(H,23,24,25)(H,26,27,28)(H,29,30,31)/b21-20+. The van der Waals surface area contributed by atoms with E-state index in [1.165, 1.54) is 6.07 Å². The molecule has 0 saturated carbocycles. The number of azo groups is 1. The smallest absolute Gasteiger partial charge is 0.296 e. The zero-order valence-electron chi connectivity index (χ0n) is 17.3. The van der Waals surface area contributed by atoms with E-state index in [9.17, 15) is 44.0 Å². The number of anilines is 1. The molecule has 0 saturated heterocycles. The first-order valence-corrected chi connectivity index (χ1v) is 13.3. The molecule has 0 spiro atoms. The van der Waals surface area contributed by atoms with Crippen molar-refractivity contribution < 1.29 is 44.0 Å². The van der Waals surface area contributed by atoms with Gasteiger partial charge in [-0.15, -0.1) is 10.2 Å². The van der Waals surface area contributed by atoms with E-state index in [1.54, 1.807) is 13.8 Å². The zero-order chi connectivity index (χ0) is 25.8. The minimum absolute atomic E-state index is 0.288. The van der Waals surface area contributed by atoms with E-state index < -0.39 is 67.9 Å². The maximum Gasteiger partial charge on any atom is 0.296 e. The van der Waals surface area contributed by atoms with Crippen molar-refractivity contribution in [2.24, 2.45) is 10.2 Å². The van der Waals surface area contributed by atoms with Gasteiger partial charge in [-0.3, -0.25) is 13.7 Å². The number of nitrogens with two attached hydrogens (primary N) is 1. The van der Waals surface area contributed by atoms with Gasteiger partial charge in [0.25, 0.3) is 30.4 Å². The fourth-order valence-corrected chi connectivity index (χ4v) is 5.00. The van der Waals surface area contributed by atoms with Crippen LogP contribution in [-0.4, -0.2) is 44.0 Å². The monoisotopic (exact) mass is 531 g/mol. The first-order valence-electron chi connectivity index (χ1n) is 8.96. The number of nitrogens with zero attached hydrogens (tertiary/aromatic N) is 2. The van der Waals surface area contributed by atoms with Gasteiger partial charge in [0.15, 0.2) is 5.75 Å². The van der Waals surface area contributed by atoms with Crippen LogP contribution in [0.4, 0.5) is 17.1 Å². The van der Waals surface area contributed by atoms with E-state index in [4.69, 9.17) is 5.73 Å². The summed E-state index contributed by atoms with van der Waals surface area (Å²) in [7, 11) is -14.6. The van der Waals surface area contributed by atoms with Gasteiger partial charge in [-0.1, -0.05) is 0 Å². The first kappa shape index (κ1) is 25.5. The highest BCUT2D eigenvalue weighted by Crippen LogP contribution is 2.44. The summed E-state index contributed by atoms with van der Waals surface area (Å²) < 4.78 is 98.7. The van der Waals surface area contributed by atoms with Gasteiger partial charge in [0.2, 0.25) is 0 Å². The van der Waals surface area contributed by atoms with E-state index in [0.717, 1.165) is 24.3 Å². The zero-order valence-corrected chi connectivity index (χ0v) is 19.8. The molecule has 0 atom stereocenters. The summed E-state index contributed by atoms with van der Waals surface area (Å²) in [5, 5.41) is 17.3. The Morgan fingerprint density at radius 2 is 1.29 bits per heavy atom. The highest BCUT2D eigenvalue weighted by atomic mass is 32.2. The van der Waals surface area contributed by atoms with Gasteiger partial charge in [0, 0.05) is 11.1 Å². The number of aryl methyl sites for hydroxylation is 2. The second kappa shape index (κ2) is 8.26. The molecule has 0 unspecified atom stereocenters. The summed E-state index contributed by atoms with van der Waals surface area (Å²) in [6.07, 6.45) is 0. The number of phenolic OH excluding ortho intramolecular Hbond substituents is 1. The normalized spacial score (nSPS) is 13.1. The first-order chi connectivity index (χ1) is 15.4. The van der Waals surface area contributed by atoms with Crippen LogP contribution in [0.1, 0.15) is 11.1 Å². The van der Waals surface area contributed by atoms with E-state index in [0.29, 0.717) is 11.1 Å². The molecule has 0 radical (unpaired) electrons. The number of hydrogen-bond acceptors (Lipinski definition) is 10. The van der Waals surface area contributed by atoms with Crippen LogP contribution in [0.15, 0.2) is 55.2 Å². The molecule has 0 aliphatic carbocycles. The average molecular weight is 532 g/mol. The van der Waals surface area contributed by atoms with Crippen molar-refractivity contribution in [1.29, 1.82) is 0 Å². The number of fused-ring (bicyclic) bond motifs is 1. The summed E-state index contributed by atoms with van der Waals surface area (Å²) in [5.74, 6) is -0.939. The van der Waals surface area contributed by atoms with Crippen LogP contribution in [0.2, 0.25) is 0 Å². The molecule has 16 heteroatoms. The van der Waals surface area contributed by atoms with E-state index in [2.05, 4.69) is 10.2 Å². The third-order valence-electron chi connectivity index (χ3n) is 4.84. The Bertz CT molecular complexity index is 1710. The third kappa shape index (κ3) is 4.86. The molecule has 0 fully saturated rings. The van der Waals surface area contributed by atoms with Crippen molar-refractivity contribution in [3.05, 3.63) is 41.5 Å². The van der Waals surface area contributed by atoms with Crippen LogP contribution in [0.3, 0.4) is 0 Å². The van der Waals surface area contributed by atoms with Crippen molar-refractivity contribution in [3.8, 4) is 5.75 Å². The second-order valence-corrected chi connectivity index (χ2v) is 11.4. The lowest BCUT2D eigenvalue weighted by atomic mass is 10.1. The minimum Gasteiger partial charge on any atom is -0.505 e. The van der Waals surface area contributed by atoms with Crippen LogP contribution in [0, 0.1) is 13.8 Å². The summed E-state index contributed by atoms with van der Waals surface area (Å²) >= 11 is 0. The molecule has 6 N–H and O–H groups in total. The Hall–Kier alpha value is -3.15. The largest absolute Gasteiger partial charge is 0.505 e. The van der Waals surface area contributed by atoms with Crippen LogP contribution < -0.4 is 5.73 Å². The lowest BCUT2D eigenvalue weighted by Gasteiger charge is -2.12. The van der Waals surface area contributed by atoms with Crippen LogP contribution in [0.5, 0.6) is 5.75 Å². The Kier molecular flexibility index (Phi) is 6.19. The summed E-state index contributed by atoms with van der Waals surface area (Å²) in [6, 6.07) is 4.67. The molecule has 34 heavy (non-hydrogen) atoms. The number of hydrogen-bond donors (Lipinski definition) is 5. The predicted molar refractivity (Wildman–Crippen MR) is 120 cm³/mol. The maximum absolute atomic E-state index is 12.0. The average Bonchev–Trinajstić information content (AvgIpc) is 2.66. The number of rotatable bonds is 5. The van der Waals surface area contributed by atoms with Crippen molar-refractivity contribution in [2.45, 2.75) is 28.5 Å². The molecule has 0 aliphatic rings. The Morgan fingerprint density at radius 1 is 0.735 bits per heavy atom. The van der Waals surface area contributed by atoms with Crippen LogP contribution in [-0.2, 0) is 30.4 Å². The topological polar surface area (TPSA) is 234 Å². The van der Waals surface area contributed by atoms with E-state index >= 15 is 0 Å². The molecule has 3 aromatic rings. The van der Waals surface area contributed by atoms with Gasteiger partial charge in [-0.2, -0.15) is 25.3 Å². The van der Waals surface area contributed by atoms with Gasteiger partial charge in [0.05, 0.1) is 4.90 Å².